The van der Waals surface area contributed by atoms with Crippen LogP contribution < -0.4 is 11.1 Å². The lowest BCUT2D eigenvalue weighted by molar-refractivity contribution is -0.347. The molecule has 0 fully saturated rings. The first-order valence-corrected chi connectivity index (χ1v) is 9.09. The maximum Gasteiger partial charge on any atom is 0.277 e. The second kappa shape index (κ2) is 17.5. The topological polar surface area (TPSA) is 156 Å². The number of hydrogen-bond donors (Lipinski definition) is 3. The molecule has 11 heteroatoms. The van der Waals surface area contributed by atoms with Gasteiger partial charge < -0.3 is 44.6 Å². The number of ether oxygens (including phenoxy) is 5. The molecule has 164 valence electrons. The number of carbonyl (C=O) groups excluding carboxylic acids is 3. The minimum Gasteiger partial charge on any atom is -0.379 e. The minimum absolute atomic E-state index is 0.0316. The van der Waals surface area contributed by atoms with E-state index in [1.54, 1.807) is 0 Å². The second-order valence-electron chi connectivity index (χ2n) is 5.70. The van der Waals surface area contributed by atoms with Crippen LogP contribution in [0.25, 0.3) is 0 Å². The molecular weight excluding hydrogens is 376 g/mol. The number of primary amides is 1. The molecule has 0 aromatic rings. The summed E-state index contributed by atoms with van der Waals surface area (Å²) in [5, 5.41) is 12.3. The van der Waals surface area contributed by atoms with Crippen LogP contribution >= 0.6 is 0 Å². The molecule has 11 nitrogen and oxygen atoms in total. The van der Waals surface area contributed by atoms with Crippen LogP contribution in [0.1, 0.15) is 26.2 Å². The van der Waals surface area contributed by atoms with Crippen LogP contribution in [0.2, 0.25) is 0 Å². The van der Waals surface area contributed by atoms with Gasteiger partial charge in [-0.1, -0.05) is 0 Å². The highest BCUT2D eigenvalue weighted by Crippen LogP contribution is 2.08. The van der Waals surface area contributed by atoms with Gasteiger partial charge in [-0.05, 0) is 0 Å². The summed E-state index contributed by atoms with van der Waals surface area (Å²) in [6, 6.07) is 0. The number of aliphatic hydroxyl groups is 1. The molecule has 0 aliphatic rings. The fourth-order valence-electron chi connectivity index (χ4n) is 1.74. The molecule has 0 aliphatic heterocycles. The fraction of sp³-hybridized carbons (Fsp3) is 0.824. The third-order valence-electron chi connectivity index (χ3n) is 3.11. The molecule has 0 saturated carbocycles. The number of hydrogen-bond acceptors (Lipinski definition) is 9. The lowest BCUT2D eigenvalue weighted by atomic mass is 10.4. The molecule has 0 aromatic heterocycles. The largest absolute Gasteiger partial charge is 0.379 e. The summed E-state index contributed by atoms with van der Waals surface area (Å²) < 4.78 is 25.7. The predicted octanol–water partition coefficient (Wildman–Crippen LogP) is -1.29. The van der Waals surface area contributed by atoms with Crippen molar-refractivity contribution in [3.05, 3.63) is 0 Å². The lowest BCUT2D eigenvalue weighted by Gasteiger charge is -2.23. The van der Waals surface area contributed by atoms with Crippen molar-refractivity contribution in [2.24, 2.45) is 5.73 Å². The van der Waals surface area contributed by atoms with Crippen LogP contribution in [-0.4, -0.2) is 88.6 Å². The van der Waals surface area contributed by atoms with E-state index in [1.807, 2.05) is 0 Å². The van der Waals surface area contributed by atoms with Crippen molar-refractivity contribution in [1.82, 2.24) is 5.32 Å². The van der Waals surface area contributed by atoms with Gasteiger partial charge in [-0.3, -0.25) is 9.59 Å². The van der Waals surface area contributed by atoms with Crippen LogP contribution in [0.15, 0.2) is 0 Å². The van der Waals surface area contributed by atoms with E-state index in [0.717, 1.165) is 0 Å². The van der Waals surface area contributed by atoms with Gasteiger partial charge in [-0.15, -0.1) is 0 Å². The molecule has 0 heterocycles. The number of nitrogens with two attached hydrogens (primary N) is 1. The maximum absolute atomic E-state index is 11.6. The first-order chi connectivity index (χ1) is 13.4. The second-order valence-corrected chi connectivity index (χ2v) is 5.70. The van der Waals surface area contributed by atoms with Crippen LogP contribution in [0, 0.1) is 0 Å². The highest BCUT2D eigenvalue weighted by atomic mass is 16.8. The van der Waals surface area contributed by atoms with Gasteiger partial charge in [0.2, 0.25) is 11.8 Å². The molecule has 0 spiro atoms. The maximum atomic E-state index is 11.6. The Bertz CT molecular complexity index is 433. The normalized spacial score (nSPS) is 13.1. The van der Waals surface area contributed by atoms with Gasteiger partial charge in [-0.25, -0.2) is 0 Å². The Kier molecular flexibility index (Phi) is 16.5. The zero-order valence-electron chi connectivity index (χ0n) is 16.4. The van der Waals surface area contributed by atoms with Gasteiger partial charge in [0.1, 0.15) is 6.29 Å². The predicted molar refractivity (Wildman–Crippen MR) is 97.1 cm³/mol. The summed E-state index contributed by atoms with van der Waals surface area (Å²) in [5.41, 5.74) is 4.97. The minimum atomic E-state index is -1.83. The Labute approximate surface area is 164 Å². The first-order valence-electron chi connectivity index (χ1n) is 9.09. The molecule has 4 N–H and O–H groups in total. The molecule has 0 aliphatic carbocycles. The fourth-order valence-corrected chi connectivity index (χ4v) is 1.74. The SMILES string of the molecule is C[C@@](O)(OCCC=O)OCCC(=O)NCCOCCOCCOCCC(N)=O. The molecule has 0 rings (SSSR count). The summed E-state index contributed by atoms with van der Waals surface area (Å²) >= 11 is 0. The smallest absolute Gasteiger partial charge is 0.277 e. The zero-order chi connectivity index (χ0) is 21.1. The molecule has 0 radical (unpaired) electrons. The van der Waals surface area contributed by atoms with Gasteiger partial charge in [-0.2, -0.15) is 0 Å². The standard InChI is InChI=1S/C17H32N2O9/c1-17(23,27-7-2-6-20)28-9-4-16(22)19-5-10-25-12-14-26-13-11-24-8-3-15(18)21/h6,23H,2-5,7-14H2,1H3,(H2,18,21)(H,19,22)/t17-/m1/s1. The Balaban J connectivity index is 3.39. The van der Waals surface area contributed by atoms with Crippen LogP contribution in [0.4, 0.5) is 0 Å². The number of nitrogens with one attached hydrogen (secondary N) is 1. The number of rotatable bonds is 20. The summed E-state index contributed by atoms with van der Waals surface area (Å²) in [6.45, 7) is 3.77. The molecule has 0 aromatic carbocycles. The summed E-state index contributed by atoms with van der Waals surface area (Å²) in [5.74, 6) is -2.49. The highest BCUT2D eigenvalue weighted by Gasteiger charge is 2.21. The number of amides is 2. The summed E-state index contributed by atoms with van der Waals surface area (Å²) in [6.07, 6.45) is 1.05. The quantitative estimate of drug-likeness (QED) is 0.127. The Morgan fingerprint density at radius 2 is 1.50 bits per heavy atom. The lowest BCUT2D eigenvalue weighted by Crippen LogP contribution is -2.35. The van der Waals surface area contributed by atoms with Gasteiger partial charge in [0.25, 0.3) is 5.97 Å². The molecular formula is C17H32N2O9. The van der Waals surface area contributed by atoms with Crippen LogP contribution in [0.5, 0.6) is 0 Å². The molecule has 2 amide bonds. The molecule has 0 bridgehead atoms. The molecule has 1 atom stereocenters. The Morgan fingerprint density at radius 3 is 2.11 bits per heavy atom. The zero-order valence-corrected chi connectivity index (χ0v) is 16.4. The Hall–Kier alpha value is -1.63. The van der Waals surface area contributed by atoms with Crippen molar-refractivity contribution < 1.29 is 43.2 Å². The highest BCUT2D eigenvalue weighted by molar-refractivity contribution is 5.75. The monoisotopic (exact) mass is 408 g/mol. The molecule has 28 heavy (non-hydrogen) atoms. The van der Waals surface area contributed by atoms with E-state index in [4.69, 9.17) is 29.4 Å². The number of carbonyl (C=O) groups is 3. The van der Waals surface area contributed by atoms with Crippen molar-refractivity contribution in [3.63, 3.8) is 0 Å². The third-order valence-corrected chi connectivity index (χ3v) is 3.11. The third kappa shape index (κ3) is 19.1. The van der Waals surface area contributed by atoms with Crippen molar-refractivity contribution in [3.8, 4) is 0 Å². The van der Waals surface area contributed by atoms with Crippen LogP contribution in [-0.2, 0) is 38.1 Å². The average Bonchev–Trinajstić information content (AvgIpc) is 2.62. The average molecular weight is 408 g/mol. The van der Waals surface area contributed by atoms with Crippen molar-refractivity contribution in [1.29, 1.82) is 0 Å². The van der Waals surface area contributed by atoms with E-state index in [0.29, 0.717) is 45.9 Å². The first kappa shape index (κ1) is 26.4. The van der Waals surface area contributed by atoms with Crippen LogP contribution in [0.3, 0.4) is 0 Å². The van der Waals surface area contributed by atoms with Gasteiger partial charge in [0.05, 0.1) is 59.3 Å². The Morgan fingerprint density at radius 1 is 0.929 bits per heavy atom. The van der Waals surface area contributed by atoms with Gasteiger partial charge in [0.15, 0.2) is 0 Å². The molecule has 0 unspecified atom stereocenters. The van der Waals surface area contributed by atoms with Gasteiger partial charge >= 0.3 is 0 Å². The van der Waals surface area contributed by atoms with E-state index in [9.17, 15) is 19.5 Å². The van der Waals surface area contributed by atoms with E-state index >= 15 is 0 Å². The van der Waals surface area contributed by atoms with E-state index in [-0.39, 0.29) is 45.0 Å². The van der Waals surface area contributed by atoms with Crippen molar-refractivity contribution in [2.45, 2.75) is 32.2 Å². The van der Waals surface area contributed by atoms with E-state index in [2.05, 4.69) is 5.32 Å². The number of aldehydes is 1. The van der Waals surface area contributed by atoms with Crippen molar-refractivity contribution in [2.75, 3.05) is 59.4 Å². The molecule has 0 saturated heterocycles. The van der Waals surface area contributed by atoms with E-state index in [1.165, 1.54) is 6.92 Å². The summed E-state index contributed by atoms with van der Waals surface area (Å²) in [7, 11) is 0. The van der Waals surface area contributed by atoms with Crippen molar-refractivity contribution >= 4 is 18.1 Å². The van der Waals surface area contributed by atoms with E-state index < -0.39 is 11.9 Å². The summed E-state index contributed by atoms with van der Waals surface area (Å²) in [4.78, 5) is 32.3. The van der Waals surface area contributed by atoms with Gasteiger partial charge in [0, 0.05) is 26.3 Å².